The van der Waals surface area contributed by atoms with Crippen LogP contribution in [0.4, 0.5) is 26.3 Å². The van der Waals surface area contributed by atoms with Gasteiger partial charge in [-0.05, 0) is 30.7 Å². The Morgan fingerprint density at radius 1 is 0.967 bits per heavy atom. The summed E-state index contributed by atoms with van der Waals surface area (Å²) in [5.41, 5.74) is -3.52. The topological polar surface area (TPSA) is 72.5 Å². The molecule has 2 rings (SSSR count). The summed E-state index contributed by atoms with van der Waals surface area (Å²) in [6.07, 6.45) is -10.5. The third-order valence-electron chi connectivity index (χ3n) is 3.80. The summed E-state index contributed by atoms with van der Waals surface area (Å²) in [6.45, 7) is 1.31. The van der Waals surface area contributed by atoms with Gasteiger partial charge < -0.3 is 4.74 Å². The maximum Gasteiger partial charge on any atom is 0.416 e. The number of hydrogen-bond acceptors (Lipinski definition) is 4. The Morgan fingerprint density at radius 3 is 1.90 bits per heavy atom. The van der Waals surface area contributed by atoms with E-state index in [0.717, 1.165) is 0 Å². The Bertz CT molecular complexity index is 971. The van der Waals surface area contributed by atoms with Gasteiger partial charge in [0, 0.05) is 0 Å². The molecule has 0 aromatic heterocycles. The molecule has 1 atom stereocenters. The van der Waals surface area contributed by atoms with Gasteiger partial charge in [-0.3, -0.25) is 0 Å². The average Bonchev–Trinajstić information content (AvgIpc) is 2.65. The highest BCUT2D eigenvalue weighted by molar-refractivity contribution is 7.89. The smallest absolute Gasteiger partial charge is 0.416 e. The number of alkyl halides is 6. The molecule has 0 saturated heterocycles. The molecule has 1 N–H and O–H groups in total. The second-order valence-electron chi connectivity index (χ2n) is 5.96. The molecule has 0 heterocycles. The normalized spacial score (nSPS) is 13.7. The van der Waals surface area contributed by atoms with Crippen molar-refractivity contribution in [3.05, 3.63) is 65.2 Å². The molecule has 5 nitrogen and oxygen atoms in total. The van der Waals surface area contributed by atoms with Gasteiger partial charge in [-0.25, -0.2) is 13.2 Å². The lowest BCUT2D eigenvalue weighted by molar-refractivity contribution is -0.146. The number of rotatable bonds is 6. The predicted molar refractivity (Wildman–Crippen MR) is 92.6 cm³/mol. The molecular formula is C18H15F6NO4S. The van der Waals surface area contributed by atoms with E-state index >= 15 is 0 Å². The van der Waals surface area contributed by atoms with Gasteiger partial charge in [-0.15, -0.1) is 0 Å². The molecule has 0 radical (unpaired) electrons. The summed E-state index contributed by atoms with van der Waals surface area (Å²) in [5.74, 6) is -1.07. The lowest BCUT2D eigenvalue weighted by Crippen LogP contribution is -2.35. The number of carbonyl (C=O) groups is 1. The van der Waals surface area contributed by atoms with Crippen LogP contribution < -0.4 is 4.72 Å². The lowest BCUT2D eigenvalue weighted by atomic mass is 10.1. The number of benzene rings is 2. The Kier molecular flexibility index (Phi) is 6.82. The van der Waals surface area contributed by atoms with E-state index in [9.17, 15) is 39.6 Å². The first-order chi connectivity index (χ1) is 13.8. The van der Waals surface area contributed by atoms with Crippen LogP contribution in [0.3, 0.4) is 0 Å². The molecule has 0 fully saturated rings. The largest absolute Gasteiger partial charge is 0.465 e. The van der Waals surface area contributed by atoms with Crippen LogP contribution in [0.15, 0.2) is 53.4 Å². The van der Waals surface area contributed by atoms with E-state index in [1.807, 2.05) is 4.72 Å². The minimum atomic E-state index is -5.23. The van der Waals surface area contributed by atoms with E-state index in [0.29, 0.717) is 0 Å². The summed E-state index contributed by atoms with van der Waals surface area (Å²) >= 11 is 0. The van der Waals surface area contributed by atoms with E-state index in [-0.39, 0.29) is 30.4 Å². The maximum atomic E-state index is 13.0. The molecule has 0 saturated carbocycles. The summed E-state index contributed by atoms with van der Waals surface area (Å²) < 4.78 is 110. The summed E-state index contributed by atoms with van der Waals surface area (Å²) in [6, 6.07) is 5.41. The van der Waals surface area contributed by atoms with Crippen molar-refractivity contribution in [3.8, 4) is 0 Å². The maximum absolute atomic E-state index is 13.0. The van der Waals surface area contributed by atoms with Crippen LogP contribution in [-0.2, 0) is 31.9 Å². The summed E-state index contributed by atoms with van der Waals surface area (Å²) in [4.78, 5) is 10.9. The predicted octanol–water partition coefficient (Wildman–Crippen LogP) is 4.31. The quantitative estimate of drug-likeness (QED) is 0.521. The van der Waals surface area contributed by atoms with E-state index in [2.05, 4.69) is 0 Å². The van der Waals surface area contributed by atoms with Crippen LogP contribution >= 0.6 is 0 Å². The number of carbonyl (C=O) groups excluding carboxylic acids is 1. The molecule has 0 aliphatic heterocycles. The van der Waals surface area contributed by atoms with Gasteiger partial charge in [-0.1, -0.05) is 30.3 Å². The molecule has 0 amide bonds. The Labute approximate surface area is 167 Å². The number of esters is 1. The first kappa shape index (κ1) is 23.7. The Hall–Kier alpha value is -2.60. The van der Waals surface area contributed by atoms with Crippen molar-refractivity contribution in [3.63, 3.8) is 0 Å². The standard InChI is InChI=1S/C18H15F6NO4S/c1-2-29-16(26)15(11-6-4-3-5-7-11)25-30(27,28)14-9-12(17(19,20)21)8-13(10-14)18(22,23)24/h3-10,15,25H,2H2,1H3. The van der Waals surface area contributed by atoms with Crippen molar-refractivity contribution in [1.82, 2.24) is 4.72 Å². The molecule has 30 heavy (non-hydrogen) atoms. The van der Waals surface area contributed by atoms with Crippen molar-refractivity contribution >= 4 is 16.0 Å². The average molecular weight is 455 g/mol. The zero-order valence-electron chi connectivity index (χ0n) is 15.2. The summed E-state index contributed by atoms with van der Waals surface area (Å²) in [5, 5.41) is 0. The number of halogens is 6. The first-order valence-electron chi connectivity index (χ1n) is 8.29. The molecule has 164 valence electrons. The lowest BCUT2D eigenvalue weighted by Gasteiger charge is -2.19. The van der Waals surface area contributed by atoms with Gasteiger partial charge in [-0.2, -0.15) is 31.1 Å². The number of hydrogen-bond donors (Lipinski definition) is 1. The molecular weight excluding hydrogens is 440 g/mol. The van der Waals surface area contributed by atoms with Crippen molar-refractivity contribution in [2.75, 3.05) is 6.61 Å². The van der Waals surface area contributed by atoms with Gasteiger partial charge in [0.2, 0.25) is 10.0 Å². The molecule has 12 heteroatoms. The number of ether oxygens (including phenoxy) is 1. The highest BCUT2D eigenvalue weighted by Crippen LogP contribution is 2.37. The monoisotopic (exact) mass is 455 g/mol. The number of sulfonamides is 1. The van der Waals surface area contributed by atoms with Gasteiger partial charge in [0.25, 0.3) is 0 Å². The molecule has 0 aliphatic rings. The van der Waals surface area contributed by atoms with Crippen LogP contribution in [0, 0.1) is 0 Å². The van der Waals surface area contributed by atoms with Crippen molar-refractivity contribution in [2.24, 2.45) is 0 Å². The minimum Gasteiger partial charge on any atom is -0.465 e. The third kappa shape index (κ3) is 5.72. The zero-order valence-corrected chi connectivity index (χ0v) is 16.0. The van der Waals surface area contributed by atoms with Gasteiger partial charge in [0.1, 0.15) is 6.04 Å². The molecule has 2 aromatic rings. The fraction of sp³-hybridized carbons (Fsp3) is 0.278. The second-order valence-corrected chi connectivity index (χ2v) is 7.67. The highest BCUT2D eigenvalue weighted by atomic mass is 32.2. The molecule has 1 unspecified atom stereocenters. The molecule has 2 aromatic carbocycles. The van der Waals surface area contributed by atoms with Gasteiger partial charge in [0.15, 0.2) is 0 Å². The van der Waals surface area contributed by atoms with Crippen LogP contribution in [0.25, 0.3) is 0 Å². The highest BCUT2D eigenvalue weighted by Gasteiger charge is 2.39. The van der Waals surface area contributed by atoms with Gasteiger partial charge in [0.05, 0.1) is 22.6 Å². The van der Waals surface area contributed by atoms with E-state index in [1.165, 1.54) is 31.2 Å². The van der Waals surface area contributed by atoms with E-state index in [4.69, 9.17) is 4.74 Å². The summed E-state index contributed by atoms with van der Waals surface area (Å²) in [7, 11) is -4.99. The minimum absolute atomic E-state index is 0.0603. The van der Waals surface area contributed by atoms with Crippen LogP contribution in [0.1, 0.15) is 29.7 Å². The van der Waals surface area contributed by atoms with Crippen LogP contribution in [-0.4, -0.2) is 21.0 Å². The molecule has 0 bridgehead atoms. The van der Waals surface area contributed by atoms with Crippen LogP contribution in [0.5, 0.6) is 0 Å². The van der Waals surface area contributed by atoms with Crippen LogP contribution in [0.2, 0.25) is 0 Å². The van der Waals surface area contributed by atoms with E-state index < -0.39 is 50.4 Å². The van der Waals surface area contributed by atoms with E-state index in [1.54, 1.807) is 6.07 Å². The Morgan fingerprint density at radius 2 is 1.47 bits per heavy atom. The molecule has 0 spiro atoms. The zero-order chi connectivity index (χ0) is 22.7. The van der Waals surface area contributed by atoms with Crippen molar-refractivity contribution in [2.45, 2.75) is 30.2 Å². The SMILES string of the molecule is CCOC(=O)C(NS(=O)(=O)c1cc(C(F)(F)F)cc(C(F)(F)F)c1)c1ccccc1. The Balaban J connectivity index is 2.57. The second kappa shape index (κ2) is 8.64. The first-order valence-corrected chi connectivity index (χ1v) is 9.77. The van der Waals surface area contributed by atoms with Gasteiger partial charge >= 0.3 is 18.3 Å². The fourth-order valence-corrected chi connectivity index (χ4v) is 3.67. The fourth-order valence-electron chi connectivity index (χ4n) is 2.43. The van der Waals surface area contributed by atoms with Crippen molar-refractivity contribution in [1.29, 1.82) is 0 Å². The third-order valence-corrected chi connectivity index (χ3v) is 5.20. The number of nitrogens with one attached hydrogen (secondary N) is 1. The molecule has 0 aliphatic carbocycles. The van der Waals surface area contributed by atoms with Crippen molar-refractivity contribution < 1.29 is 44.3 Å².